The topological polar surface area (TPSA) is 150 Å². The average molecular weight is 928 g/mol. The Morgan fingerprint density at radius 1 is 0.836 bits per heavy atom. The predicted octanol–water partition coefficient (Wildman–Crippen LogP) is 6.96. The van der Waals surface area contributed by atoms with Gasteiger partial charge in [0.05, 0.1) is 31.4 Å². The number of nitrogens with zero attached hydrogens (tertiary/aromatic N) is 4. The van der Waals surface area contributed by atoms with Gasteiger partial charge < -0.3 is 44.1 Å². The van der Waals surface area contributed by atoms with Crippen molar-refractivity contribution >= 4 is 23.9 Å². The molecule has 67 heavy (non-hydrogen) atoms. The highest BCUT2D eigenvalue weighted by Gasteiger charge is 2.41. The molecule has 1 heterocycles. The molecule has 1 fully saturated rings. The number of likely N-dealkylation sites (N-methyl/N-ethyl adjacent to an activating group) is 2. The van der Waals surface area contributed by atoms with Gasteiger partial charge in [-0.3, -0.25) is 19.3 Å². The van der Waals surface area contributed by atoms with Gasteiger partial charge in [-0.05, 0) is 102 Å². The fraction of sp³-hybridized carbons (Fsp3) is 0.585. The summed E-state index contributed by atoms with van der Waals surface area (Å²) in [5.74, 6) is 0.351. The number of esters is 1. The molecule has 1 aliphatic carbocycles. The first kappa shape index (κ1) is 52.9. The number of fused-ring (bicyclic) bond motifs is 1. The number of aliphatic hydroxyl groups is 1. The van der Waals surface area contributed by atoms with Crippen molar-refractivity contribution in [1.82, 2.24) is 24.9 Å². The molecule has 0 bridgehead atoms. The second-order valence-electron chi connectivity index (χ2n) is 19.1. The number of nitrogens with one attached hydrogen (secondary N) is 1. The van der Waals surface area contributed by atoms with Crippen LogP contribution in [0.2, 0.25) is 0 Å². The number of aliphatic hydroxyl groups excluding tert-OH is 1. The number of carbonyl (C=O) groups is 4. The normalized spacial score (nSPS) is 17.0. The highest BCUT2D eigenvalue weighted by atomic mass is 16.6. The molecular weight excluding hydrogens is 851 g/mol. The number of benzene rings is 3. The van der Waals surface area contributed by atoms with Gasteiger partial charge in [-0.1, -0.05) is 79.6 Å². The van der Waals surface area contributed by atoms with Gasteiger partial charge in [-0.15, -0.1) is 0 Å². The van der Waals surface area contributed by atoms with E-state index in [2.05, 4.69) is 15.1 Å². The maximum atomic E-state index is 14.8. The number of amides is 3. The van der Waals surface area contributed by atoms with Gasteiger partial charge >= 0.3 is 12.1 Å². The van der Waals surface area contributed by atoms with Gasteiger partial charge in [-0.25, -0.2) is 4.79 Å². The molecular formula is C53H77N5O9. The minimum atomic E-state index is -1.08. The lowest BCUT2D eigenvalue weighted by atomic mass is 9.97. The van der Waals surface area contributed by atoms with Crippen LogP contribution < -0.4 is 10.1 Å². The van der Waals surface area contributed by atoms with Gasteiger partial charge in [0.1, 0.15) is 24.1 Å². The van der Waals surface area contributed by atoms with Crippen molar-refractivity contribution in [3.05, 3.63) is 101 Å². The standard InChI is InChI=1S/C53H77N5O9/c1-7-57(30-29-55(5)6)48(60)21-13-8-9-14-22-50(62)66-47-38-42-19-15-16-20-44(42)51(47)58(39-41-23-25-43(26-24-41)65-36-33-56-31-34-64-35-32-56)49(61)28-27-46(59)45(37-40-17-11-10-12-18-40)54-52(63)67-53(2,3)4/h10-12,15-20,23-26,45-47,51,59H,7-9,13-14,21-22,27-39H2,1-6H3,(H,54,63)/t45-,46-,47+,51-/m0/s1. The first-order valence-electron chi connectivity index (χ1n) is 24.4. The molecule has 2 aliphatic rings. The molecule has 368 valence electrons. The van der Waals surface area contributed by atoms with Crippen molar-refractivity contribution < 1.29 is 43.2 Å². The van der Waals surface area contributed by atoms with Crippen LogP contribution in [0.4, 0.5) is 4.79 Å². The molecule has 3 amide bonds. The third kappa shape index (κ3) is 18.2. The van der Waals surface area contributed by atoms with Crippen LogP contribution in [-0.4, -0.2) is 146 Å². The van der Waals surface area contributed by atoms with E-state index >= 15 is 0 Å². The molecule has 14 heteroatoms. The maximum Gasteiger partial charge on any atom is 0.407 e. The maximum absolute atomic E-state index is 14.8. The number of alkyl carbamates (subject to hydrolysis) is 1. The van der Waals surface area contributed by atoms with E-state index in [-0.39, 0.29) is 43.6 Å². The molecule has 3 aromatic carbocycles. The second-order valence-corrected chi connectivity index (χ2v) is 19.1. The first-order valence-corrected chi connectivity index (χ1v) is 24.4. The van der Waals surface area contributed by atoms with Gasteiger partial charge in [-0.2, -0.15) is 0 Å². The molecule has 14 nitrogen and oxygen atoms in total. The summed E-state index contributed by atoms with van der Waals surface area (Å²) < 4.78 is 23.4. The Kier molecular flexibility index (Phi) is 21.4. The number of hydrogen-bond donors (Lipinski definition) is 2. The summed E-state index contributed by atoms with van der Waals surface area (Å²) in [7, 11) is 4.00. The number of hydrogen-bond acceptors (Lipinski definition) is 11. The van der Waals surface area contributed by atoms with Crippen molar-refractivity contribution in [3.63, 3.8) is 0 Å². The fourth-order valence-electron chi connectivity index (χ4n) is 8.65. The molecule has 2 N–H and O–H groups in total. The summed E-state index contributed by atoms with van der Waals surface area (Å²) in [5.41, 5.74) is 2.98. The zero-order valence-corrected chi connectivity index (χ0v) is 41.0. The van der Waals surface area contributed by atoms with E-state index in [0.29, 0.717) is 45.4 Å². The molecule has 0 unspecified atom stereocenters. The zero-order valence-electron chi connectivity index (χ0n) is 41.0. The molecule has 3 aromatic rings. The molecule has 0 aromatic heterocycles. The summed E-state index contributed by atoms with van der Waals surface area (Å²) in [6.07, 6.45) is 2.25. The Balaban J connectivity index is 1.28. The minimum Gasteiger partial charge on any atom is -0.492 e. The van der Waals surface area contributed by atoms with Gasteiger partial charge in [0.25, 0.3) is 0 Å². The number of ether oxygens (including phenoxy) is 4. The van der Waals surface area contributed by atoms with Crippen molar-refractivity contribution in [3.8, 4) is 5.75 Å². The number of morpholine rings is 1. The highest BCUT2D eigenvalue weighted by Crippen LogP contribution is 2.39. The molecule has 1 saturated heterocycles. The van der Waals surface area contributed by atoms with Gasteiger partial charge in [0.2, 0.25) is 11.8 Å². The van der Waals surface area contributed by atoms with E-state index in [1.165, 1.54) is 0 Å². The van der Waals surface area contributed by atoms with Crippen molar-refractivity contribution in [1.29, 1.82) is 0 Å². The summed E-state index contributed by atoms with van der Waals surface area (Å²) in [5, 5.41) is 14.6. The largest absolute Gasteiger partial charge is 0.492 e. The summed E-state index contributed by atoms with van der Waals surface area (Å²) in [6.45, 7) is 14.4. The molecule has 1 aliphatic heterocycles. The van der Waals surface area contributed by atoms with Crippen LogP contribution in [0.15, 0.2) is 78.9 Å². The smallest absolute Gasteiger partial charge is 0.407 e. The summed E-state index contributed by atoms with van der Waals surface area (Å²) in [6, 6.07) is 23.9. The third-order valence-electron chi connectivity index (χ3n) is 12.3. The summed E-state index contributed by atoms with van der Waals surface area (Å²) >= 11 is 0. The summed E-state index contributed by atoms with van der Waals surface area (Å²) in [4.78, 5) is 62.2. The van der Waals surface area contributed by atoms with Crippen molar-refractivity contribution in [2.45, 2.75) is 128 Å². The van der Waals surface area contributed by atoms with Crippen LogP contribution in [0, 0.1) is 0 Å². The second kappa shape index (κ2) is 27.1. The Bertz CT molecular complexity index is 1970. The van der Waals surface area contributed by atoms with E-state index in [9.17, 15) is 24.3 Å². The minimum absolute atomic E-state index is 0.0291. The van der Waals surface area contributed by atoms with E-state index in [1.54, 1.807) is 25.7 Å². The SMILES string of the molecule is CCN(CCN(C)C)C(=O)CCCCCCC(=O)O[C@@H]1Cc2ccccc2[C@@H]1N(Cc1ccc(OCCN2CCOCC2)cc1)C(=O)CC[C@H](O)[C@H](Cc1ccccc1)NC(=O)OC(C)(C)C. The Morgan fingerprint density at radius 2 is 1.52 bits per heavy atom. The number of carbonyl (C=O) groups excluding carboxylic acids is 4. The first-order chi connectivity index (χ1) is 32.2. The van der Waals surface area contributed by atoms with Crippen LogP contribution in [-0.2, 0) is 48.0 Å². The molecule has 0 radical (unpaired) electrons. The zero-order chi connectivity index (χ0) is 48.2. The predicted molar refractivity (Wildman–Crippen MR) is 260 cm³/mol. The van der Waals surface area contributed by atoms with Crippen LogP contribution in [0.5, 0.6) is 5.75 Å². The van der Waals surface area contributed by atoms with Gasteiger partial charge in [0.15, 0.2) is 0 Å². The van der Waals surface area contributed by atoms with E-state index in [0.717, 1.165) is 86.7 Å². The van der Waals surface area contributed by atoms with E-state index in [4.69, 9.17) is 18.9 Å². The molecule has 0 spiro atoms. The quantitative estimate of drug-likeness (QED) is 0.0636. The molecule has 4 atom stereocenters. The van der Waals surface area contributed by atoms with Crippen molar-refractivity contribution in [2.75, 3.05) is 73.2 Å². The van der Waals surface area contributed by atoms with Gasteiger partial charge in [0, 0.05) is 71.5 Å². The van der Waals surface area contributed by atoms with Crippen molar-refractivity contribution in [2.24, 2.45) is 0 Å². The lowest BCUT2D eigenvalue weighted by molar-refractivity contribution is -0.156. The van der Waals surface area contributed by atoms with Crippen LogP contribution in [0.25, 0.3) is 0 Å². The van der Waals surface area contributed by atoms with E-state index < -0.39 is 36.0 Å². The Morgan fingerprint density at radius 3 is 2.21 bits per heavy atom. The average Bonchev–Trinajstić information content (AvgIpc) is 3.66. The fourth-order valence-corrected chi connectivity index (χ4v) is 8.65. The third-order valence-corrected chi connectivity index (χ3v) is 12.3. The molecule has 5 rings (SSSR count). The Labute approximate surface area is 399 Å². The number of unbranched alkanes of at least 4 members (excludes halogenated alkanes) is 3. The lowest BCUT2D eigenvalue weighted by Crippen LogP contribution is -2.47. The number of rotatable bonds is 26. The van der Waals surface area contributed by atoms with Crippen LogP contribution in [0.1, 0.15) is 107 Å². The molecule has 0 saturated carbocycles. The Hall–Kier alpha value is -5.02. The lowest BCUT2D eigenvalue weighted by Gasteiger charge is -2.34. The highest BCUT2D eigenvalue weighted by molar-refractivity contribution is 5.78. The van der Waals surface area contributed by atoms with Crippen LogP contribution in [0.3, 0.4) is 0 Å². The monoisotopic (exact) mass is 928 g/mol. The van der Waals surface area contributed by atoms with Crippen LogP contribution >= 0.6 is 0 Å². The van der Waals surface area contributed by atoms with E-state index in [1.807, 2.05) is 105 Å².